The normalized spacial score (nSPS) is 10.4. The molecule has 0 aromatic heterocycles. The van der Waals surface area contributed by atoms with E-state index in [0.29, 0.717) is 5.69 Å². The van der Waals surface area contributed by atoms with Gasteiger partial charge in [0, 0.05) is 10.5 Å². The van der Waals surface area contributed by atoms with Gasteiger partial charge in [-0.25, -0.2) is 0 Å². The van der Waals surface area contributed by atoms with Gasteiger partial charge < -0.3 is 15.4 Å². The first-order valence-electron chi connectivity index (χ1n) is 7.23. The maximum Gasteiger partial charge on any atom is 0.244 e. The third kappa shape index (κ3) is 5.55. The standard InChI is InChI=1S/C18H17BrN2O3/c1-24-14-9-6-13(7-10-14)8-11-17(22)20-12-18(23)21-16-5-3-2-4-15(16)19/h2-11H,12H2,1H3,(H,20,22)(H,21,23)/b11-8+. The molecule has 2 rings (SSSR count). The molecule has 2 aromatic carbocycles. The van der Waals surface area contributed by atoms with Crippen molar-refractivity contribution in [3.05, 3.63) is 64.6 Å². The van der Waals surface area contributed by atoms with Crippen molar-refractivity contribution in [3.63, 3.8) is 0 Å². The van der Waals surface area contributed by atoms with Crippen molar-refractivity contribution < 1.29 is 14.3 Å². The molecule has 124 valence electrons. The summed E-state index contributed by atoms with van der Waals surface area (Å²) in [7, 11) is 1.59. The second-order valence-electron chi connectivity index (χ2n) is 4.85. The number of anilines is 1. The number of amides is 2. The highest BCUT2D eigenvalue weighted by Gasteiger charge is 2.05. The van der Waals surface area contributed by atoms with Crippen LogP contribution in [-0.2, 0) is 9.59 Å². The zero-order valence-electron chi connectivity index (χ0n) is 13.1. The number of ether oxygens (including phenoxy) is 1. The Morgan fingerprint density at radius 1 is 1.12 bits per heavy atom. The van der Waals surface area contributed by atoms with Crippen molar-refractivity contribution in [1.29, 1.82) is 0 Å². The molecule has 0 spiro atoms. The molecule has 0 atom stereocenters. The number of carbonyl (C=O) groups excluding carboxylic acids is 2. The lowest BCUT2D eigenvalue weighted by Gasteiger charge is -2.07. The topological polar surface area (TPSA) is 67.4 Å². The summed E-state index contributed by atoms with van der Waals surface area (Å²) in [5, 5.41) is 5.25. The van der Waals surface area contributed by atoms with Crippen molar-refractivity contribution in [1.82, 2.24) is 5.32 Å². The van der Waals surface area contributed by atoms with E-state index in [4.69, 9.17) is 4.74 Å². The van der Waals surface area contributed by atoms with Gasteiger partial charge in [-0.3, -0.25) is 9.59 Å². The van der Waals surface area contributed by atoms with E-state index in [0.717, 1.165) is 15.8 Å². The van der Waals surface area contributed by atoms with Crippen molar-refractivity contribution in [2.45, 2.75) is 0 Å². The van der Waals surface area contributed by atoms with Crippen LogP contribution in [0.3, 0.4) is 0 Å². The highest BCUT2D eigenvalue weighted by atomic mass is 79.9. The zero-order valence-corrected chi connectivity index (χ0v) is 14.7. The smallest absolute Gasteiger partial charge is 0.244 e. The van der Waals surface area contributed by atoms with Gasteiger partial charge in [-0.2, -0.15) is 0 Å². The van der Waals surface area contributed by atoms with E-state index >= 15 is 0 Å². The molecule has 2 amide bonds. The van der Waals surface area contributed by atoms with Crippen LogP contribution in [-0.4, -0.2) is 25.5 Å². The zero-order chi connectivity index (χ0) is 17.4. The first-order chi connectivity index (χ1) is 11.6. The second kappa shape index (κ2) is 8.88. The van der Waals surface area contributed by atoms with E-state index in [1.54, 1.807) is 19.3 Å². The molecule has 0 fully saturated rings. The number of carbonyl (C=O) groups is 2. The minimum Gasteiger partial charge on any atom is -0.497 e. The minimum absolute atomic E-state index is 0.104. The SMILES string of the molecule is COc1ccc(/C=C/C(=O)NCC(=O)Nc2ccccc2Br)cc1. The molecule has 0 radical (unpaired) electrons. The van der Waals surface area contributed by atoms with E-state index < -0.39 is 0 Å². The van der Waals surface area contributed by atoms with Gasteiger partial charge in [-0.1, -0.05) is 24.3 Å². The van der Waals surface area contributed by atoms with Crippen LogP contribution in [0, 0.1) is 0 Å². The highest BCUT2D eigenvalue weighted by molar-refractivity contribution is 9.10. The molecule has 0 saturated carbocycles. The summed E-state index contributed by atoms with van der Waals surface area (Å²) in [5.41, 5.74) is 1.52. The molecule has 24 heavy (non-hydrogen) atoms. The lowest BCUT2D eigenvalue weighted by Crippen LogP contribution is -2.31. The third-order valence-electron chi connectivity index (χ3n) is 3.11. The predicted molar refractivity (Wildman–Crippen MR) is 97.8 cm³/mol. The number of benzene rings is 2. The predicted octanol–water partition coefficient (Wildman–Crippen LogP) is 3.23. The van der Waals surface area contributed by atoms with Crippen LogP contribution in [0.4, 0.5) is 5.69 Å². The van der Waals surface area contributed by atoms with Crippen LogP contribution < -0.4 is 15.4 Å². The molecule has 0 saturated heterocycles. The monoisotopic (exact) mass is 388 g/mol. The van der Waals surface area contributed by atoms with Crippen LogP contribution in [0.25, 0.3) is 6.08 Å². The first kappa shape index (κ1) is 17.7. The molecule has 0 aliphatic rings. The van der Waals surface area contributed by atoms with Gasteiger partial charge in [0.25, 0.3) is 0 Å². The van der Waals surface area contributed by atoms with Gasteiger partial charge in [0.2, 0.25) is 11.8 Å². The van der Waals surface area contributed by atoms with Gasteiger partial charge in [-0.15, -0.1) is 0 Å². The molecule has 0 bridgehead atoms. The van der Waals surface area contributed by atoms with Gasteiger partial charge in [0.1, 0.15) is 5.75 Å². The lowest BCUT2D eigenvalue weighted by molar-refractivity contribution is -0.121. The number of hydrogen-bond acceptors (Lipinski definition) is 3. The fraction of sp³-hybridized carbons (Fsp3) is 0.111. The molecule has 0 unspecified atom stereocenters. The summed E-state index contributed by atoms with van der Waals surface area (Å²) >= 11 is 3.34. The van der Waals surface area contributed by atoms with Gasteiger partial charge >= 0.3 is 0 Å². The fourth-order valence-corrected chi connectivity index (χ4v) is 2.25. The van der Waals surface area contributed by atoms with Gasteiger partial charge in [0.05, 0.1) is 19.3 Å². The summed E-state index contributed by atoms with van der Waals surface area (Å²) in [4.78, 5) is 23.6. The average Bonchev–Trinajstić information content (AvgIpc) is 2.60. The molecule has 0 heterocycles. The lowest BCUT2D eigenvalue weighted by atomic mass is 10.2. The van der Waals surface area contributed by atoms with Gasteiger partial charge in [0.15, 0.2) is 0 Å². The summed E-state index contributed by atoms with van der Waals surface area (Å²) in [5.74, 6) is 0.113. The van der Waals surface area contributed by atoms with Crippen molar-refractivity contribution in [3.8, 4) is 5.75 Å². The summed E-state index contributed by atoms with van der Waals surface area (Å²) in [6.45, 7) is -0.104. The van der Waals surface area contributed by atoms with Crippen LogP contribution in [0.5, 0.6) is 5.75 Å². The maximum atomic E-state index is 11.8. The van der Waals surface area contributed by atoms with Crippen LogP contribution in [0.1, 0.15) is 5.56 Å². The molecule has 2 aromatic rings. The van der Waals surface area contributed by atoms with Gasteiger partial charge in [-0.05, 0) is 51.8 Å². The number of methoxy groups -OCH3 is 1. The van der Waals surface area contributed by atoms with E-state index in [-0.39, 0.29) is 18.4 Å². The number of halogens is 1. The van der Waals surface area contributed by atoms with E-state index in [2.05, 4.69) is 26.6 Å². The van der Waals surface area contributed by atoms with Crippen LogP contribution in [0.15, 0.2) is 59.1 Å². The number of para-hydroxylation sites is 1. The van der Waals surface area contributed by atoms with E-state index in [1.165, 1.54) is 6.08 Å². The van der Waals surface area contributed by atoms with Crippen molar-refractivity contribution >= 4 is 39.5 Å². The maximum absolute atomic E-state index is 11.8. The Morgan fingerprint density at radius 3 is 2.50 bits per heavy atom. The Morgan fingerprint density at radius 2 is 1.83 bits per heavy atom. The molecule has 5 nitrogen and oxygen atoms in total. The van der Waals surface area contributed by atoms with E-state index in [9.17, 15) is 9.59 Å². The Labute approximate surface area is 148 Å². The number of nitrogens with one attached hydrogen (secondary N) is 2. The fourth-order valence-electron chi connectivity index (χ4n) is 1.87. The van der Waals surface area contributed by atoms with E-state index in [1.807, 2.05) is 42.5 Å². The average molecular weight is 389 g/mol. The molecule has 0 aliphatic carbocycles. The summed E-state index contributed by atoms with van der Waals surface area (Å²) in [6.07, 6.45) is 3.05. The Bertz CT molecular complexity index is 742. The Balaban J connectivity index is 1.80. The van der Waals surface area contributed by atoms with Crippen molar-refractivity contribution in [2.24, 2.45) is 0 Å². The summed E-state index contributed by atoms with van der Waals surface area (Å²) in [6, 6.07) is 14.6. The molecular weight excluding hydrogens is 372 g/mol. The third-order valence-corrected chi connectivity index (χ3v) is 3.81. The second-order valence-corrected chi connectivity index (χ2v) is 5.71. The first-order valence-corrected chi connectivity index (χ1v) is 8.02. The molecule has 0 aliphatic heterocycles. The Hall–Kier alpha value is -2.60. The molecular formula is C18H17BrN2O3. The highest BCUT2D eigenvalue weighted by Crippen LogP contribution is 2.20. The number of rotatable bonds is 6. The Kier molecular flexibility index (Phi) is 6.57. The largest absolute Gasteiger partial charge is 0.497 e. The van der Waals surface area contributed by atoms with Crippen LogP contribution in [0.2, 0.25) is 0 Å². The summed E-state index contributed by atoms with van der Waals surface area (Å²) < 4.78 is 5.85. The quantitative estimate of drug-likeness (QED) is 0.746. The van der Waals surface area contributed by atoms with Crippen LogP contribution >= 0.6 is 15.9 Å². The number of hydrogen-bond donors (Lipinski definition) is 2. The molecule has 6 heteroatoms. The molecule has 2 N–H and O–H groups in total. The minimum atomic E-state index is -0.340. The van der Waals surface area contributed by atoms with Crippen molar-refractivity contribution in [2.75, 3.05) is 19.0 Å².